The molecule has 1 amide bonds. The average molecular weight is 376 g/mol. The van der Waals surface area contributed by atoms with E-state index in [0.717, 1.165) is 63.5 Å². The van der Waals surface area contributed by atoms with Crippen LogP contribution in [0.1, 0.15) is 31.7 Å². The molecule has 2 atom stereocenters. The molecule has 0 saturated carbocycles. The van der Waals surface area contributed by atoms with Gasteiger partial charge in [0, 0.05) is 32.8 Å². The first-order valence-electron chi connectivity index (χ1n) is 10.0. The van der Waals surface area contributed by atoms with Crippen molar-refractivity contribution in [2.24, 2.45) is 0 Å². The number of hydrogen-bond donors (Lipinski definition) is 0. The zero-order valence-electron chi connectivity index (χ0n) is 16.6. The zero-order valence-corrected chi connectivity index (χ0v) is 16.6. The predicted octanol–water partition coefficient (Wildman–Crippen LogP) is 2.31. The second-order valence-corrected chi connectivity index (χ2v) is 7.42. The minimum Gasteiger partial charge on any atom is -0.497 e. The molecule has 1 aromatic rings. The highest BCUT2D eigenvalue weighted by Gasteiger charge is 2.26. The highest BCUT2D eigenvalue weighted by atomic mass is 16.5. The Hall–Kier alpha value is -1.63. The summed E-state index contributed by atoms with van der Waals surface area (Å²) in [6.07, 6.45) is 3.26. The van der Waals surface area contributed by atoms with Gasteiger partial charge in [0.25, 0.3) is 5.91 Å². The summed E-state index contributed by atoms with van der Waals surface area (Å²) in [5.74, 6) is 0.880. The summed E-state index contributed by atoms with van der Waals surface area (Å²) in [6.45, 7) is 7.64. The van der Waals surface area contributed by atoms with E-state index in [-0.39, 0.29) is 5.91 Å². The van der Waals surface area contributed by atoms with Gasteiger partial charge >= 0.3 is 0 Å². The third-order valence-corrected chi connectivity index (χ3v) is 5.37. The average Bonchev–Trinajstić information content (AvgIpc) is 3.10. The van der Waals surface area contributed by atoms with Crippen molar-refractivity contribution in [3.8, 4) is 5.75 Å². The van der Waals surface area contributed by atoms with Gasteiger partial charge in [-0.25, -0.2) is 0 Å². The third kappa shape index (κ3) is 5.92. The van der Waals surface area contributed by atoms with Gasteiger partial charge in [-0.05, 0) is 50.4 Å². The van der Waals surface area contributed by atoms with E-state index in [9.17, 15) is 4.79 Å². The summed E-state index contributed by atoms with van der Waals surface area (Å²) in [5.41, 5.74) is 1.01. The van der Waals surface area contributed by atoms with E-state index < -0.39 is 6.10 Å². The quantitative estimate of drug-likeness (QED) is 0.731. The van der Waals surface area contributed by atoms with Crippen LogP contribution in [0.3, 0.4) is 0 Å². The Balaban J connectivity index is 1.44. The van der Waals surface area contributed by atoms with Gasteiger partial charge in [0.15, 0.2) is 0 Å². The Morgan fingerprint density at radius 3 is 2.93 bits per heavy atom. The number of carbonyl (C=O) groups excluding carboxylic acids is 1. The molecule has 3 rings (SSSR count). The number of hydrogen-bond acceptors (Lipinski definition) is 5. The lowest BCUT2D eigenvalue weighted by Gasteiger charge is -2.25. The smallest absolute Gasteiger partial charge is 0.251 e. The molecule has 27 heavy (non-hydrogen) atoms. The van der Waals surface area contributed by atoms with Crippen molar-refractivity contribution in [1.82, 2.24) is 9.80 Å². The van der Waals surface area contributed by atoms with E-state index in [1.54, 1.807) is 7.11 Å². The maximum absolute atomic E-state index is 12.8. The van der Waals surface area contributed by atoms with Crippen LogP contribution in [0.5, 0.6) is 5.75 Å². The Bertz CT molecular complexity index is 604. The van der Waals surface area contributed by atoms with Crippen molar-refractivity contribution >= 4 is 5.91 Å². The molecule has 0 spiro atoms. The predicted molar refractivity (Wildman–Crippen MR) is 104 cm³/mol. The van der Waals surface area contributed by atoms with Crippen LogP contribution in [0.2, 0.25) is 0 Å². The van der Waals surface area contributed by atoms with Crippen molar-refractivity contribution in [2.45, 2.75) is 45.0 Å². The van der Waals surface area contributed by atoms with Crippen LogP contribution in [0.25, 0.3) is 0 Å². The molecule has 2 heterocycles. The molecule has 0 bridgehead atoms. The molecule has 150 valence electrons. The van der Waals surface area contributed by atoms with Gasteiger partial charge in [0.05, 0.1) is 19.8 Å². The van der Waals surface area contributed by atoms with Crippen molar-refractivity contribution in [1.29, 1.82) is 0 Å². The molecule has 0 aromatic heterocycles. The molecule has 0 N–H and O–H groups in total. The lowest BCUT2D eigenvalue weighted by atomic mass is 10.2. The van der Waals surface area contributed by atoms with E-state index >= 15 is 0 Å². The second-order valence-electron chi connectivity index (χ2n) is 7.42. The lowest BCUT2D eigenvalue weighted by Crippen LogP contribution is -2.42. The van der Waals surface area contributed by atoms with Crippen molar-refractivity contribution < 1.29 is 19.0 Å². The standard InChI is InChI=1S/C21H32N2O4/c1-17(27-16-18-6-3-7-19(14-18)25-2)21(24)23-10-5-9-22(11-12-23)15-20-8-4-13-26-20/h3,6-7,14,17,20H,4-5,8-13,15-16H2,1-2H3/t17-,20+/m1/s1. The van der Waals surface area contributed by atoms with E-state index in [1.165, 1.54) is 6.42 Å². The Morgan fingerprint density at radius 1 is 1.26 bits per heavy atom. The Kier molecular flexibility index (Phi) is 7.50. The molecule has 0 aliphatic carbocycles. The number of methoxy groups -OCH3 is 1. The largest absolute Gasteiger partial charge is 0.497 e. The van der Waals surface area contributed by atoms with Gasteiger partial charge in [-0.3, -0.25) is 9.69 Å². The van der Waals surface area contributed by atoms with Crippen molar-refractivity contribution in [2.75, 3.05) is 46.4 Å². The maximum atomic E-state index is 12.8. The van der Waals surface area contributed by atoms with Crippen LogP contribution in [0, 0.1) is 0 Å². The summed E-state index contributed by atoms with van der Waals surface area (Å²) in [5, 5.41) is 0. The molecule has 1 aromatic carbocycles. The van der Waals surface area contributed by atoms with E-state index in [0.29, 0.717) is 12.7 Å². The second kappa shape index (κ2) is 10.1. The molecule has 6 heteroatoms. The number of amides is 1. The molecule has 2 saturated heterocycles. The number of ether oxygens (including phenoxy) is 3. The highest BCUT2D eigenvalue weighted by molar-refractivity contribution is 5.80. The van der Waals surface area contributed by atoms with Crippen molar-refractivity contribution in [3.05, 3.63) is 29.8 Å². The number of carbonyl (C=O) groups is 1. The lowest BCUT2D eigenvalue weighted by molar-refractivity contribution is -0.143. The first-order chi connectivity index (χ1) is 13.2. The molecule has 2 fully saturated rings. The zero-order chi connectivity index (χ0) is 19.1. The molecular weight excluding hydrogens is 344 g/mol. The van der Waals surface area contributed by atoms with Gasteiger partial charge in [-0.1, -0.05) is 12.1 Å². The van der Waals surface area contributed by atoms with Crippen LogP contribution in [-0.4, -0.2) is 74.4 Å². The van der Waals surface area contributed by atoms with Crippen LogP contribution >= 0.6 is 0 Å². The van der Waals surface area contributed by atoms with Gasteiger partial charge in [0.2, 0.25) is 0 Å². The monoisotopic (exact) mass is 376 g/mol. The van der Waals surface area contributed by atoms with Crippen LogP contribution in [0.4, 0.5) is 0 Å². The molecule has 2 aliphatic rings. The van der Waals surface area contributed by atoms with Crippen LogP contribution in [-0.2, 0) is 20.9 Å². The fourth-order valence-electron chi connectivity index (χ4n) is 3.76. The third-order valence-electron chi connectivity index (χ3n) is 5.37. The molecule has 2 aliphatic heterocycles. The highest BCUT2D eigenvalue weighted by Crippen LogP contribution is 2.16. The van der Waals surface area contributed by atoms with Crippen LogP contribution < -0.4 is 4.74 Å². The first-order valence-corrected chi connectivity index (χ1v) is 10.0. The topological polar surface area (TPSA) is 51.2 Å². The Labute approximate surface area is 162 Å². The maximum Gasteiger partial charge on any atom is 0.251 e. The fourth-order valence-corrected chi connectivity index (χ4v) is 3.76. The molecule has 0 radical (unpaired) electrons. The summed E-state index contributed by atoms with van der Waals surface area (Å²) >= 11 is 0. The summed E-state index contributed by atoms with van der Waals surface area (Å²) in [4.78, 5) is 17.2. The SMILES string of the molecule is COc1cccc(CO[C@H](C)C(=O)N2CCCN(C[C@@H]3CCCO3)CC2)c1. The van der Waals surface area contributed by atoms with Gasteiger partial charge in [-0.15, -0.1) is 0 Å². The summed E-state index contributed by atoms with van der Waals surface area (Å²) in [6, 6.07) is 7.75. The van der Waals surface area contributed by atoms with E-state index in [1.807, 2.05) is 36.1 Å². The molecule has 0 unspecified atom stereocenters. The van der Waals surface area contributed by atoms with Gasteiger partial charge in [0.1, 0.15) is 11.9 Å². The summed E-state index contributed by atoms with van der Waals surface area (Å²) < 4.78 is 16.8. The fraction of sp³-hybridized carbons (Fsp3) is 0.667. The van der Waals surface area contributed by atoms with Crippen LogP contribution in [0.15, 0.2) is 24.3 Å². The number of nitrogens with zero attached hydrogens (tertiary/aromatic N) is 2. The van der Waals surface area contributed by atoms with Crippen molar-refractivity contribution in [3.63, 3.8) is 0 Å². The Morgan fingerprint density at radius 2 is 2.15 bits per heavy atom. The molecular formula is C21H32N2O4. The molecule has 6 nitrogen and oxygen atoms in total. The minimum absolute atomic E-state index is 0.0804. The minimum atomic E-state index is -0.444. The first kappa shape index (κ1) is 20.1. The van der Waals surface area contributed by atoms with E-state index in [4.69, 9.17) is 14.2 Å². The normalized spacial score (nSPS) is 22.4. The number of benzene rings is 1. The summed E-state index contributed by atoms with van der Waals surface area (Å²) in [7, 11) is 1.65. The van der Waals surface area contributed by atoms with Gasteiger partial charge < -0.3 is 19.1 Å². The number of rotatable bonds is 7. The van der Waals surface area contributed by atoms with E-state index in [2.05, 4.69) is 4.90 Å². The van der Waals surface area contributed by atoms with Gasteiger partial charge in [-0.2, -0.15) is 0 Å².